The molecule has 0 radical (unpaired) electrons. The van der Waals surface area contributed by atoms with Crippen LogP contribution in [-0.2, 0) is 4.79 Å². The maximum absolute atomic E-state index is 12.9. The van der Waals surface area contributed by atoms with Crippen LogP contribution in [0.5, 0.6) is 0 Å². The maximum atomic E-state index is 12.9. The number of carbonyl (C=O) groups excluding carboxylic acids is 2. The van der Waals surface area contributed by atoms with Gasteiger partial charge in [-0.05, 0) is 80.3 Å². The smallest absolute Gasteiger partial charge is 0.298 e. The van der Waals surface area contributed by atoms with Crippen LogP contribution in [0.2, 0.25) is 0 Å². The van der Waals surface area contributed by atoms with Gasteiger partial charge in [-0.25, -0.2) is 15.0 Å². The summed E-state index contributed by atoms with van der Waals surface area (Å²) in [7, 11) is 0. The summed E-state index contributed by atoms with van der Waals surface area (Å²) in [6.45, 7) is 2.91. The number of nitrogens with one attached hydrogen (secondary N) is 1. The van der Waals surface area contributed by atoms with E-state index in [0.29, 0.717) is 42.2 Å². The Hall–Kier alpha value is -4.71. The number of aromatic nitrogens is 4. The van der Waals surface area contributed by atoms with Gasteiger partial charge >= 0.3 is 0 Å². The third-order valence-corrected chi connectivity index (χ3v) is 7.42. The third kappa shape index (κ3) is 4.93. The Morgan fingerprint density at radius 3 is 2.59 bits per heavy atom. The van der Waals surface area contributed by atoms with Crippen LogP contribution in [0.4, 0.5) is 11.8 Å². The molecule has 0 spiro atoms. The van der Waals surface area contributed by atoms with E-state index >= 15 is 0 Å². The van der Waals surface area contributed by atoms with Gasteiger partial charge in [-0.15, -0.1) is 0 Å². The first-order chi connectivity index (χ1) is 19.0. The topological polar surface area (TPSA) is 119 Å². The lowest BCUT2D eigenvalue weighted by molar-refractivity contribution is -0.126. The zero-order valence-electron chi connectivity index (χ0n) is 21.7. The quantitative estimate of drug-likeness (QED) is 0.381. The molecule has 2 fully saturated rings. The molecule has 2 aliphatic rings. The minimum atomic E-state index is -0.223. The van der Waals surface area contributed by atoms with Crippen LogP contribution < -0.4 is 11.1 Å². The molecule has 1 saturated heterocycles. The SMILES string of the molecule is CC#CC(=O)N1CCCC(c2nc(-c3ccc(C(=O)Nc4cc(C5CC5)ccn4)cc3)n3c(N)nccc23)C1. The first-order valence-corrected chi connectivity index (χ1v) is 13.2. The molecule has 4 aromatic rings. The highest BCUT2D eigenvalue weighted by molar-refractivity contribution is 6.04. The molecule has 9 nitrogen and oxygen atoms in total. The fraction of sp³-hybridized carbons (Fsp3) is 0.300. The zero-order chi connectivity index (χ0) is 26.9. The van der Waals surface area contributed by atoms with Crippen molar-refractivity contribution in [3.8, 4) is 23.2 Å². The van der Waals surface area contributed by atoms with Crippen molar-refractivity contribution in [2.24, 2.45) is 0 Å². The average molecular weight is 520 g/mol. The monoisotopic (exact) mass is 519 g/mol. The van der Waals surface area contributed by atoms with E-state index in [2.05, 4.69) is 27.1 Å². The van der Waals surface area contributed by atoms with Gasteiger partial charge in [0.1, 0.15) is 11.6 Å². The molecule has 1 aliphatic carbocycles. The van der Waals surface area contributed by atoms with Crippen molar-refractivity contribution in [3.05, 3.63) is 71.7 Å². The summed E-state index contributed by atoms with van der Waals surface area (Å²) in [5.41, 5.74) is 10.6. The summed E-state index contributed by atoms with van der Waals surface area (Å²) in [6, 6.07) is 13.1. The number of piperidine rings is 1. The van der Waals surface area contributed by atoms with Crippen LogP contribution in [0.3, 0.4) is 0 Å². The molecule has 3 aromatic heterocycles. The molecular formula is C30H29N7O2. The van der Waals surface area contributed by atoms with Gasteiger partial charge in [0.15, 0.2) is 0 Å². The molecule has 3 N–H and O–H groups in total. The predicted molar refractivity (Wildman–Crippen MR) is 149 cm³/mol. The number of likely N-dealkylation sites (tertiary alicyclic amines) is 1. The number of imidazole rings is 1. The van der Waals surface area contributed by atoms with Gasteiger partial charge in [-0.2, -0.15) is 0 Å². The normalized spacial score (nSPS) is 16.9. The molecule has 1 aliphatic heterocycles. The Morgan fingerprint density at radius 2 is 1.82 bits per heavy atom. The minimum absolute atomic E-state index is 0.0517. The number of hydrogen-bond acceptors (Lipinski definition) is 6. The number of amides is 2. The number of anilines is 2. The van der Waals surface area contributed by atoms with Gasteiger partial charge in [-0.1, -0.05) is 18.1 Å². The molecule has 1 unspecified atom stereocenters. The molecule has 9 heteroatoms. The van der Waals surface area contributed by atoms with Crippen molar-refractivity contribution in [2.45, 2.75) is 44.4 Å². The number of fused-ring (bicyclic) bond motifs is 1. The van der Waals surface area contributed by atoms with E-state index in [4.69, 9.17) is 10.7 Å². The van der Waals surface area contributed by atoms with Gasteiger partial charge in [0.2, 0.25) is 5.95 Å². The highest BCUT2D eigenvalue weighted by atomic mass is 16.2. The van der Waals surface area contributed by atoms with Crippen LogP contribution in [0, 0.1) is 11.8 Å². The van der Waals surface area contributed by atoms with Gasteiger partial charge < -0.3 is 16.0 Å². The number of nitrogens with zero attached hydrogens (tertiary/aromatic N) is 5. The summed E-state index contributed by atoms with van der Waals surface area (Å²) in [5, 5.41) is 2.91. The lowest BCUT2D eigenvalue weighted by atomic mass is 9.94. The largest absolute Gasteiger partial charge is 0.369 e. The van der Waals surface area contributed by atoms with Crippen molar-refractivity contribution in [1.82, 2.24) is 24.3 Å². The molecular weight excluding hydrogens is 490 g/mol. The van der Waals surface area contributed by atoms with Gasteiger partial charge in [-0.3, -0.25) is 14.0 Å². The lowest BCUT2D eigenvalue weighted by Gasteiger charge is -2.30. The van der Waals surface area contributed by atoms with Crippen molar-refractivity contribution in [3.63, 3.8) is 0 Å². The Kier molecular flexibility index (Phi) is 6.45. The number of benzene rings is 1. The number of hydrogen-bond donors (Lipinski definition) is 2. The second-order valence-corrected chi connectivity index (χ2v) is 10.1. The summed E-state index contributed by atoms with van der Waals surface area (Å²) < 4.78 is 1.84. The van der Waals surface area contributed by atoms with E-state index in [1.165, 1.54) is 18.4 Å². The average Bonchev–Trinajstić information content (AvgIpc) is 3.74. The lowest BCUT2D eigenvalue weighted by Crippen LogP contribution is -2.38. The number of carbonyl (C=O) groups is 2. The summed E-state index contributed by atoms with van der Waals surface area (Å²) in [6.07, 6.45) is 7.57. The molecule has 2 amide bonds. The molecule has 1 atom stereocenters. The van der Waals surface area contributed by atoms with Crippen LogP contribution in [-0.4, -0.2) is 49.2 Å². The molecule has 0 bridgehead atoms. The van der Waals surface area contributed by atoms with E-state index in [1.807, 2.05) is 34.7 Å². The van der Waals surface area contributed by atoms with Gasteiger partial charge in [0.25, 0.3) is 11.8 Å². The second kappa shape index (κ2) is 10.2. The summed E-state index contributed by atoms with van der Waals surface area (Å²) >= 11 is 0. The molecule has 1 saturated carbocycles. The molecule has 1 aromatic carbocycles. The highest BCUT2D eigenvalue weighted by Crippen LogP contribution is 2.40. The first kappa shape index (κ1) is 24.6. The maximum Gasteiger partial charge on any atom is 0.298 e. The third-order valence-electron chi connectivity index (χ3n) is 7.42. The Balaban J connectivity index is 1.27. The van der Waals surface area contributed by atoms with Gasteiger partial charge in [0, 0.05) is 42.5 Å². The molecule has 4 heterocycles. The molecule has 39 heavy (non-hydrogen) atoms. The summed E-state index contributed by atoms with van der Waals surface area (Å²) in [4.78, 5) is 40.7. The van der Waals surface area contributed by atoms with Gasteiger partial charge in [0.05, 0.1) is 11.2 Å². The zero-order valence-corrected chi connectivity index (χ0v) is 21.7. The number of rotatable bonds is 5. The van der Waals surface area contributed by atoms with Crippen LogP contribution in [0.1, 0.15) is 66.1 Å². The van der Waals surface area contributed by atoms with Crippen LogP contribution in [0.25, 0.3) is 16.9 Å². The van der Waals surface area contributed by atoms with Crippen molar-refractivity contribution >= 4 is 29.1 Å². The van der Waals surface area contributed by atoms with E-state index in [0.717, 1.165) is 29.6 Å². The fourth-order valence-electron chi connectivity index (χ4n) is 5.29. The summed E-state index contributed by atoms with van der Waals surface area (Å²) in [5.74, 6) is 7.13. The van der Waals surface area contributed by atoms with E-state index in [1.54, 1.807) is 36.4 Å². The number of pyridine rings is 1. The van der Waals surface area contributed by atoms with Crippen LogP contribution >= 0.6 is 0 Å². The van der Waals surface area contributed by atoms with E-state index < -0.39 is 0 Å². The second-order valence-electron chi connectivity index (χ2n) is 10.1. The highest BCUT2D eigenvalue weighted by Gasteiger charge is 2.29. The van der Waals surface area contributed by atoms with Crippen LogP contribution in [0.15, 0.2) is 54.9 Å². The number of nitrogens with two attached hydrogens (primary N) is 1. The Labute approximate surface area is 226 Å². The van der Waals surface area contributed by atoms with E-state index in [-0.39, 0.29) is 17.7 Å². The minimum Gasteiger partial charge on any atom is -0.369 e. The van der Waals surface area contributed by atoms with Crippen molar-refractivity contribution < 1.29 is 9.59 Å². The number of nitrogen functional groups attached to an aromatic ring is 1. The Morgan fingerprint density at radius 1 is 1.03 bits per heavy atom. The molecule has 196 valence electrons. The fourth-order valence-corrected chi connectivity index (χ4v) is 5.29. The standard InChI is InChI=1S/C30H29N7O2/c1-2-4-26(38)36-16-3-5-23(18-36)27-24-13-15-33-30(31)37(24)28(35-27)20-8-10-21(11-9-20)29(39)34-25-17-22(12-14-32-25)19-6-7-19/h8-15,17,19,23H,3,5-7,16,18H2,1H3,(H2,31,33)(H,32,34,39). The van der Waals surface area contributed by atoms with E-state index in [9.17, 15) is 9.59 Å². The first-order valence-electron chi connectivity index (χ1n) is 13.2. The van der Waals surface area contributed by atoms with Crippen molar-refractivity contribution in [2.75, 3.05) is 24.1 Å². The Bertz CT molecular complexity index is 1630. The molecule has 6 rings (SSSR count). The predicted octanol–water partition coefficient (Wildman–Crippen LogP) is 4.23. The van der Waals surface area contributed by atoms with Crippen molar-refractivity contribution in [1.29, 1.82) is 0 Å².